The molecule has 32 heavy (non-hydrogen) atoms. The number of ether oxygens (including phenoxy) is 1. The van der Waals surface area contributed by atoms with Gasteiger partial charge in [0, 0.05) is 35.5 Å². The highest BCUT2D eigenvalue weighted by Crippen LogP contribution is 2.40. The number of likely N-dealkylation sites (tertiary alicyclic amines) is 1. The lowest BCUT2D eigenvalue weighted by molar-refractivity contribution is 0.142. The van der Waals surface area contributed by atoms with Crippen molar-refractivity contribution in [3.05, 3.63) is 35.8 Å². The summed E-state index contributed by atoms with van der Waals surface area (Å²) in [7, 11) is 0. The van der Waals surface area contributed by atoms with Gasteiger partial charge in [0.15, 0.2) is 5.16 Å². The van der Waals surface area contributed by atoms with Crippen molar-refractivity contribution in [1.82, 2.24) is 29.6 Å². The molecule has 3 aromatic rings. The van der Waals surface area contributed by atoms with Crippen LogP contribution in [0.15, 0.2) is 29.8 Å². The molecule has 1 amide bonds. The van der Waals surface area contributed by atoms with E-state index in [-0.39, 0.29) is 17.6 Å². The van der Waals surface area contributed by atoms with Crippen molar-refractivity contribution in [2.75, 3.05) is 13.1 Å². The largest absolute Gasteiger partial charge is 0.494 e. The fourth-order valence-electron chi connectivity index (χ4n) is 4.30. The Hall–Kier alpha value is -3.21. The highest BCUT2D eigenvalue weighted by Gasteiger charge is 2.27. The second-order valence-electron chi connectivity index (χ2n) is 7.96. The molecule has 1 aliphatic heterocycles. The molecule has 0 atom stereocenters. The van der Waals surface area contributed by atoms with Crippen molar-refractivity contribution in [3.8, 4) is 23.3 Å². The Labute approximate surface area is 188 Å². The molecule has 10 nitrogen and oxygen atoms in total. The number of piperidine rings is 1. The number of nitrogens with zero attached hydrogens (tertiary/aromatic N) is 5. The minimum atomic E-state index is -0.435. The minimum Gasteiger partial charge on any atom is -0.494 e. The molecule has 2 aliphatic rings. The van der Waals surface area contributed by atoms with E-state index in [4.69, 9.17) is 4.74 Å². The molecule has 4 heterocycles. The quantitative estimate of drug-likeness (QED) is 0.546. The molecular weight excluding hydrogens is 432 g/mol. The maximum atomic E-state index is 12.5. The van der Waals surface area contributed by atoms with Crippen LogP contribution in [-0.2, 0) is 12.8 Å². The zero-order valence-corrected chi connectivity index (χ0v) is 18.2. The average molecular weight is 457 g/mol. The number of rotatable bonds is 4. The van der Waals surface area contributed by atoms with Gasteiger partial charge in [0.2, 0.25) is 17.6 Å². The number of thioether (sulfide) groups is 1. The van der Waals surface area contributed by atoms with Crippen molar-refractivity contribution in [1.29, 1.82) is 0 Å². The number of carbonyl (C=O) groups is 1. The Bertz CT molecular complexity index is 1060. The Morgan fingerprint density at radius 2 is 1.81 bits per heavy atom. The summed E-state index contributed by atoms with van der Waals surface area (Å²) in [5, 5.41) is 29.0. The topological polar surface area (TPSA) is 129 Å². The number of aromatic amines is 1. The monoisotopic (exact) mass is 456 g/mol. The van der Waals surface area contributed by atoms with E-state index in [1.54, 1.807) is 28.8 Å². The van der Waals surface area contributed by atoms with Crippen molar-refractivity contribution in [2.24, 2.45) is 0 Å². The predicted molar refractivity (Wildman–Crippen MR) is 116 cm³/mol. The number of nitrogens with one attached hydrogen (secondary N) is 1. The summed E-state index contributed by atoms with van der Waals surface area (Å²) < 4.78 is 6.83. The number of fused-ring (bicyclic) bond motifs is 1. The third-order valence-electron chi connectivity index (χ3n) is 5.97. The van der Waals surface area contributed by atoms with Crippen LogP contribution in [-0.4, -0.2) is 64.3 Å². The van der Waals surface area contributed by atoms with E-state index in [0.717, 1.165) is 54.8 Å². The first kappa shape index (κ1) is 20.7. The van der Waals surface area contributed by atoms with Gasteiger partial charge in [-0.05, 0) is 44.6 Å². The van der Waals surface area contributed by atoms with Crippen molar-refractivity contribution in [3.63, 3.8) is 0 Å². The lowest BCUT2D eigenvalue weighted by atomic mass is 9.95. The predicted octanol–water partition coefficient (Wildman–Crippen LogP) is 3.04. The Morgan fingerprint density at radius 3 is 2.41 bits per heavy atom. The zero-order chi connectivity index (χ0) is 22.1. The standard InChI is InChI=1S/C21H24N6O4S/c28-18-15-3-1-2-4-16(15)19(29)27(18)13-5-6-17(22-11-13)31-21(30)26-9-7-14(8-10-26)32-20-23-12-24-25-20/h5-6,11-12,14,28-29H,1-4,7-10H2,(H,23,24,25). The number of carbonyl (C=O) groups excluding carboxylic acids is 1. The fourth-order valence-corrected chi connectivity index (χ4v) is 5.27. The van der Waals surface area contributed by atoms with Crippen LogP contribution in [0.2, 0.25) is 0 Å². The van der Waals surface area contributed by atoms with Gasteiger partial charge >= 0.3 is 6.09 Å². The number of pyridine rings is 1. The molecule has 11 heteroatoms. The third kappa shape index (κ3) is 3.99. The van der Waals surface area contributed by atoms with Gasteiger partial charge in [-0.3, -0.25) is 5.10 Å². The van der Waals surface area contributed by atoms with Gasteiger partial charge in [0.25, 0.3) is 0 Å². The van der Waals surface area contributed by atoms with Crippen molar-refractivity contribution < 1.29 is 19.7 Å². The zero-order valence-electron chi connectivity index (χ0n) is 17.4. The highest BCUT2D eigenvalue weighted by molar-refractivity contribution is 7.99. The molecule has 3 aromatic heterocycles. The number of hydrogen-bond donors (Lipinski definition) is 3. The maximum Gasteiger partial charge on any atom is 0.416 e. The number of aromatic hydroxyl groups is 2. The molecule has 5 rings (SSSR count). The fraction of sp³-hybridized carbons (Fsp3) is 0.429. The summed E-state index contributed by atoms with van der Waals surface area (Å²) in [6.45, 7) is 1.19. The number of H-pyrrole nitrogens is 1. The van der Waals surface area contributed by atoms with Crippen molar-refractivity contribution in [2.45, 2.75) is 48.9 Å². The molecule has 3 N–H and O–H groups in total. The van der Waals surface area contributed by atoms with E-state index >= 15 is 0 Å². The second-order valence-corrected chi connectivity index (χ2v) is 9.25. The molecule has 0 radical (unpaired) electrons. The lowest BCUT2D eigenvalue weighted by Crippen LogP contribution is -2.41. The summed E-state index contributed by atoms with van der Waals surface area (Å²) in [4.78, 5) is 22.5. The van der Waals surface area contributed by atoms with Crippen LogP contribution in [0.3, 0.4) is 0 Å². The number of hydrogen-bond acceptors (Lipinski definition) is 8. The molecule has 0 bridgehead atoms. The summed E-state index contributed by atoms with van der Waals surface area (Å²) in [5.41, 5.74) is 2.11. The Balaban J connectivity index is 1.20. The Morgan fingerprint density at radius 1 is 1.09 bits per heavy atom. The minimum absolute atomic E-state index is 0.0508. The second kappa shape index (κ2) is 8.73. The van der Waals surface area contributed by atoms with Crippen molar-refractivity contribution >= 4 is 17.9 Å². The summed E-state index contributed by atoms with van der Waals surface area (Å²) in [6.07, 6.45) is 7.69. The molecule has 0 unspecified atom stereocenters. The molecule has 0 spiro atoms. The van der Waals surface area contributed by atoms with Gasteiger partial charge in [0.1, 0.15) is 6.33 Å². The summed E-state index contributed by atoms with van der Waals surface area (Å²) >= 11 is 1.64. The SMILES string of the molecule is O=C(Oc1ccc(-n2c(O)c3c(c2O)CCCC3)cn1)N1CCC(Sc2ncn[nH]2)CC1. The maximum absolute atomic E-state index is 12.5. The van der Waals surface area contributed by atoms with Crippen LogP contribution in [0.1, 0.15) is 36.8 Å². The molecule has 1 aliphatic carbocycles. The smallest absolute Gasteiger partial charge is 0.416 e. The summed E-state index contributed by atoms with van der Waals surface area (Å²) in [5.74, 6) is 0.275. The number of amides is 1. The average Bonchev–Trinajstić information content (AvgIpc) is 3.42. The van der Waals surface area contributed by atoms with Gasteiger partial charge in [-0.2, -0.15) is 5.10 Å². The van der Waals surface area contributed by atoms with E-state index in [2.05, 4.69) is 20.2 Å². The molecule has 0 aromatic carbocycles. The van der Waals surface area contributed by atoms with Gasteiger partial charge in [0.05, 0.1) is 11.9 Å². The van der Waals surface area contributed by atoms with E-state index in [1.807, 2.05) is 0 Å². The Kier molecular flexibility index (Phi) is 5.64. The van der Waals surface area contributed by atoms with Crippen LogP contribution in [0.4, 0.5) is 4.79 Å². The first-order valence-electron chi connectivity index (χ1n) is 10.7. The first-order chi connectivity index (χ1) is 15.6. The first-order valence-corrected chi connectivity index (χ1v) is 11.6. The van der Waals surface area contributed by atoms with Gasteiger partial charge in [-0.15, -0.1) is 0 Å². The molecule has 1 saturated heterocycles. The van der Waals surface area contributed by atoms with E-state index < -0.39 is 6.09 Å². The van der Waals surface area contributed by atoms with Crippen LogP contribution in [0, 0.1) is 0 Å². The molecule has 1 fully saturated rings. The molecule has 168 valence electrons. The van der Waals surface area contributed by atoms with E-state index in [0.29, 0.717) is 24.0 Å². The van der Waals surface area contributed by atoms with Crippen LogP contribution in [0.5, 0.6) is 17.6 Å². The lowest BCUT2D eigenvalue weighted by Gasteiger charge is -2.30. The van der Waals surface area contributed by atoms with Gasteiger partial charge in [-0.25, -0.2) is 19.3 Å². The van der Waals surface area contributed by atoms with Crippen LogP contribution >= 0.6 is 11.8 Å². The third-order valence-corrected chi connectivity index (χ3v) is 7.20. The summed E-state index contributed by atoms with van der Waals surface area (Å²) in [6, 6.07) is 3.23. The van der Waals surface area contributed by atoms with Gasteiger partial charge < -0.3 is 19.8 Å². The molecular formula is C21H24N6O4S. The van der Waals surface area contributed by atoms with Gasteiger partial charge in [-0.1, -0.05) is 11.8 Å². The van der Waals surface area contributed by atoms with Crippen LogP contribution < -0.4 is 4.74 Å². The highest BCUT2D eigenvalue weighted by atomic mass is 32.2. The number of aromatic nitrogens is 5. The molecule has 0 saturated carbocycles. The normalized spacial score (nSPS) is 16.7. The van der Waals surface area contributed by atoms with Crippen LogP contribution in [0.25, 0.3) is 5.69 Å². The van der Waals surface area contributed by atoms with E-state index in [9.17, 15) is 15.0 Å². The van der Waals surface area contributed by atoms with E-state index in [1.165, 1.54) is 17.1 Å².